The van der Waals surface area contributed by atoms with Crippen molar-refractivity contribution in [3.8, 4) is 11.6 Å². The van der Waals surface area contributed by atoms with E-state index in [0.29, 0.717) is 21.9 Å². The van der Waals surface area contributed by atoms with Gasteiger partial charge < -0.3 is 14.9 Å². The zero-order valence-electron chi connectivity index (χ0n) is 10.6. The fourth-order valence-corrected chi connectivity index (χ4v) is 1.70. The number of rotatable bonds is 5. The summed E-state index contributed by atoms with van der Waals surface area (Å²) in [5, 5.41) is 0. The minimum atomic E-state index is -0.425. The lowest BCUT2D eigenvalue weighted by Crippen LogP contribution is -2.11. The molecule has 1 heterocycles. The van der Waals surface area contributed by atoms with Gasteiger partial charge >= 0.3 is 0 Å². The molecule has 0 aliphatic heterocycles. The SMILES string of the molecule is COCc1nc(NN)cc(Oc2ccc(Br)c(F)c2)n1. The zero-order chi connectivity index (χ0) is 14.5. The molecule has 106 valence electrons. The van der Waals surface area contributed by atoms with Crippen LogP contribution in [-0.4, -0.2) is 17.1 Å². The standard InChI is InChI=1S/C12H12BrFN4O2/c1-19-6-11-16-10(18-15)5-12(17-11)20-7-2-3-8(13)9(14)4-7/h2-5H,6,15H2,1H3,(H,16,17,18). The normalized spacial score (nSPS) is 10.4. The van der Waals surface area contributed by atoms with Crippen LogP contribution in [-0.2, 0) is 11.3 Å². The lowest BCUT2D eigenvalue weighted by molar-refractivity contribution is 0.177. The van der Waals surface area contributed by atoms with Crippen molar-refractivity contribution in [1.82, 2.24) is 9.97 Å². The second-order valence-electron chi connectivity index (χ2n) is 3.76. The molecule has 0 saturated heterocycles. The van der Waals surface area contributed by atoms with Gasteiger partial charge in [0, 0.05) is 19.2 Å². The number of methoxy groups -OCH3 is 1. The van der Waals surface area contributed by atoms with E-state index in [9.17, 15) is 4.39 Å². The molecule has 3 N–H and O–H groups in total. The Morgan fingerprint density at radius 1 is 1.35 bits per heavy atom. The zero-order valence-corrected chi connectivity index (χ0v) is 12.1. The number of aromatic nitrogens is 2. The highest BCUT2D eigenvalue weighted by Gasteiger charge is 2.08. The molecule has 1 aromatic carbocycles. The number of hydrazine groups is 1. The highest BCUT2D eigenvalue weighted by molar-refractivity contribution is 9.10. The second kappa shape index (κ2) is 6.60. The predicted molar refractivity (Wildman–Crippen MR) is 74.7 cm³/mol. The van der Waals surface area contributed by atoms with E-state index in [1.807, 2.05) is 0 Å². The van der Waals surface area contributed by atoms with Gasteiger partial charge in [-0.1, -0.05) is 0 Å². The number of nitrogens with zero attached hydrogens (tertiary/aromatic N) is 2. The minimum Gasteiger partial charge on any atom is -0.439 e. The van der Waals surface area contributed by atoms with Gasteiger partial charge in [0.25, 0.3) is 0 Å². The summed E-state index contributed by atoms with van der Waals surface area (Å²) in [7, 11) is 1.52. The van der Waals surface area contributed by atoms with E-state index >= 15 is 0 Å². The Morgan fingerprint density at radius 2 is 2.15 bits per heavy atom. The largest absolute Gasteiger partial charge is 0.439 e. The van der Waals surface area contributed by atoms with Gasteiger partial charge in [-0.05, 0) is 28.1 Å². The first-order valence-corrected chi connectivity index (χ1v) is 6.38. The van der Waals surface area contributed by atoms with Crippen LogP contribution in [0.5, 0.6) is 11.6 Å². The van der Waals surface area contributed by atoms with Crippen molar-refractivity contribution in [2.75, 3.05) is 12.5 Å². The molecule has 0 unspecified atom stereocenters. The van der Waals surface area contributed by atoms with Crippen LogP contribution < -0.4 is 16.0 Å². The van der Waals surface area contributed by atoms with Gasteiger partial charge in [0.1, 0.15) is 24.0 Å². The summed E-state index contributed by atoms with van der Waals surface area (Å²) in [5.41, 5.74) is 2.40. The van der Waals surface area contributed by atoms with E-state index in [0.717, 1.165) is 0 Å². The molecular weight excluding hydrogens is 331 g/mol. The van der Waals surface area contributed by atoms with Crippen molar-refractivity contribution in [3.05, 3.63) is 40.4 Å². The molecule has 0 atom stereocenters. The molecule has 8 heteroatoms. The fourth-order valence-electron chi connectivity index (χ4n) is 1.45. The number of anilines is 1. The highest BCUT2D eigenvalue weighted by atomic mass is 79.9. The van der Waals surface area contributed by atoms with E-state index < -0.39 is 5.82 Å². The van der Waals surface area contributed by atoms with Gasteiger partial charge in [-0.15, -0.1) is 0 Å². The summed E-state index contributed by atoms with van der Waals surface area (Å²) in [4.78, 5) is 8.21. The number of nitrogens with two attached hydrogens (primary N) is 1. The summed E-state index contributed by atoms with van der Waals surface area (Å²) in [5.74, 6) is 6.22. The highest BCUT2D eigenvalue weighted by Crippen LogP contribution is 2.25. The van der Waals surface area contributed by atoms with Gasteiger partial charge in [-0.25, -0.2) is 15.2 Å². The van der Waals surface area contributed by atoms with Crippen molar-refractivity contribution in [2.45, 2.75) is 6.61 Å². The van der Waals surface area contributed by atoms with E-state index in [-0.39, 0.29) is 12.5 Å². The van der Waals surface area contributed by atoms with Crippen LogP contribution in [0.25, 0.3) is 0 Å². The van der Waals surface area contributed by atoms with Crippen LogP contribution >= 0.6 is 15.9 Å². The number of halogens is 2. The van der Waals surface area contributed by atoms with Crippen LogP contribution in [0.3, 0.4) is 0 Å². The molecule has 0 fully saturated rings. The second-order valence-corrected chi connectivity index (χ2v) is 4.62. The molecule has 0 amide bonds. The van der Waals surface area contributed by atoms with E-state index in [1.165, 1.54) is 19.2 Å². The summed E-state index contributed by atoms with van der Waals surface area (Å²) in [6.45, 7) is 0.209. The molecule has 6 nitrogen and oxygen atoms in total. The van der Waals surface area contributed by atoms with Crippen LogP contribution in [0.4, 0.5) is 10.2 Å². The molecule has 1 aromatic heterocycles. The number of benzene rings is 1. The molecule has 20 heavy (non-hydrogen) atoms. The van der Waals surface area contributed by atoms with Gasteiger partial charge in [-0.3, -0.25) is 0 Å². The third-order valence-electron chi connectivity index (χ3n) is 2.28. The maximum atomic E-state index is 13.4. The lowest BCUT2D eigenvalue weighted by atomic mass is 10.3. The smallest absolute Gasteiger partial charge is 0.224 e. The Kier molecular flexibility index (Phi) is 4.83. The number of nitrogen functional groups attached to an aromatic ring is 1. The van der Waals surface area contributed by atoms with E-state index in [1.54, 1.807) is 12.1 Å². The summed E-state index contributed by atoms with van der Waals surface area (Å²) >= 11 is 3.07. The maximum Gasteiger partial charge on any atom is 0.224 e. The molecule has 0 bridgehead atoms. The Morgan fingerprint density at radius 3 is 2.80 bits per heavy atom. The van der Waals surface area contributed by atoms with Gasteiger partial charge in [0.2, 0.25) is 5.88 Å². The maximum absolute atomic E-state index is 13.4. The molecule has 2 rings (SSSR count). The minimum absolute atomic E-state index is 0.209. The Bertz CT molecular complexity index is 612. The van der Waals surface area contributed by atoms with Crippen LogP contribution in [0.2, 0.25) is 0 Å². The van der Waals surface area contributed by atoms with Gasteiger partial charge in [0.15, 0.2) is 5.82 Å². The van der Waals surface area contributed by atoms with Crippen LogP contribution in [0.1, 0.15) is 5.82 Å². The molecular formula is C12H12BrFN4O2. The summed E-state index contributed by atoms with van der Waals surface area (Å²) < 4.78 is 24.2. The van der Waals surface area contributed by atoms with Crippen molar-refractivity contribution in [2.24, 2.45) is 5.84 Å². The van der Waals surface area contributed by atoms with Crippen molar-refractivity contribution >= 4 is 21.7 Å². The first-order valence-electron chi connectivity index (χ1n) is 5.59. The Labute approximate surface area is 123 Å². The van der Waals surface area contributed by atoms with Crippen molar-refractivity contribution < 1.29 is 13.9 Å². The fraction of sp³-hybridized carbons (Fsp3) is 0.167. The molecule has 0 aliphatic carbocycles. The lowest BCUT2D eigenvalue weighted by Gasteiger charge is -2.09. The number of ether oxygens (including phenoxy) is 2. The molecule has 0 saturated carbocycles. The number of hydrogen-bond donors (Lipinski definition) is 2. The molecule has 2 aromatic rings. The molecule has 0 radical (unpaired) electrons. The van der Waals surface area contributed by atoms with Crippen LogP contribution in [0.15, 0.2) is 28.7 Å². The monoisotopic (exact) mass is 342 g/mol. The van der Waals surface area contributed by atoms with Crippen molar-refractivity contribution in [1.29, 1.82) is 0 Å². The van der Waals surface area contributed by atoms with Gasteiger partial charge in [-0.2, -0.15) is 4.98 Å². The summed E-state index contributed by atoms with van der Waals surface area (Å²) in [6, 6.07) is 5.90. The van der Waals surface area contributed by atoms with Crippen molar-refractivity contribution in [3.63, 3.8) is 0 Å². The first-order chi connectivity index (χ1) is 9.62. The topological polar surface area (TPSA) is 82.3 Å². The summed E-state index contributed by atoms with van der Waals surface area (Å²) in [6.07, 6.45) is 0. The van der Waals surface area contributed by atoms with E-state index in [2.05, 4.69) is 31.3 Å². The van der Waals surface area contributed by atoms with E-state index in [4.69, 9.17) is 15.3 Å². The quantitative estimate of drug-likeness (QED) is 0.642. The Hall–Kier alpha value is -1.77. The molecule has 0 spiro atoms. The Balaban J connectivity index is 2.27. The number of hydrogen-bond acceptors (Lipinski definition) is 6. The molecule has 0 aliphatic rings. The van der Waals surface area contributed by atoms with Gasteiger partial charge in [0.05, 0.1) is 4.47 Å². The predicted octanol–water partition coefficient (Wildman–Crippen LogP) is 2.60. The third-order valence-corrected chi connectivity index (χ3v) is 2.93. The number of nitrogens with one attached hydrogen (secondary N) is 1. The first kappa shape index (κ1) is 14.6. The van der Waals surface area contributed by atoms with Crippen LogP contribution in [0, 0.1) is 5.82 Å². The average Bonchev–Trinajstić information content (AvgIpc) is 2.43. The average molecular weight is 343 g/mol. The third kappa shape index (κ3) is 3.62.